The van der Waals surface area contributed by atoms with Gasteiger partial charge in [0.25, 0.3) is 0 Å². The number of carbonyl (C=O) groups is 2. The van der Waals surface area contributed by atoms with Crippen LogP contribution in [0, 0.1) is 11.6 Å². The molecule has 3 rings (SSSR count). The Balaban J connectivity index is 1.62. The molecule has 6 nitrogen and oxygen atoms in total. The molecular formula is C23H25F2NO5. The van der Waals surface area contributed by atoms with Gasteiger partial charge in [-0.1, -0.05) is 18.2 Å². The lowest BCUT2D eigenvalue weighted by molar-refractivity contribution is -0.152. The molecule has 2 aromatic carbocycles. The number of likely N-dealkylation sites (tertiary alicyclic amines) is 1. The lowest BCUT2D eigenvalue weighted by Gasteiger charge is -2.32. The molecule has 1 atom stereocenters. The van der Waals surface area contributed by atoms with Crippen molar-refractivity contribution in [1.82, 2.24) is 4.90 Å². The van der Waals surface area contributed by atoms with Crippen LogP contribution in [0.4, 0.5) is 13.6 Å². The predicted molar refractivity (Wildman–Crippen MR) is 109 cm³/mol. The Morgan fingerprint density at radius 2 is 1.94 bits per heavy atom. The number of carboxylic acid groups (broad SMARTS) is 1. The van der Waals surface area contributed by atoms with Crippen molar-refractivity contribution in [3.05, 3.63) is 65.2 Å². The first-order valence-electron chi connectivity index (χ1n) is 10.0. The van der Waals surface area contributed by atoms with E-state index in [-0.39, 0.29) is 12.5 Å². The lowest BCUT2D eigenvalue weighted by atomic mass is 9.90. The highest BCUT2D eigenvalue weighted by molar-refractivity contribution is 5.76. The molecule has 166 valence electrons. The quantitative estimate of drug-likeness (QED) is 0.713. The number of ether oxygens (including phenoxy) is 2. The zero-order valence-corrected chi connectivity index (χ0v) is 17.4. The molecule has 1 fully saturated rings. The number of piperidine rings is 1. The Morgan fingerprint density at radius 1 is 1.16 bits per heavy atom. The van der Waals surface area contributed by atoms with Crippen LogP contribution in [0.15, 0.2) is 42.5 Å². The van der Waals surface area contributed by atoms with Gasteiger partial charge in [0.1, 0.15) is 12.4 Å². The molecule has 1 N–H and O–H groups in total. The van der Waals surface area contributed by atoms with Crippen molar-refractivity contribution in [2.75, 3.05) is 13.1 Å². The summed E-state index contributed by atoms with van der Waals surface area (Å²) in [5, 5.41) is 9.26. The van der Waals surface area contributed by atoms with Crippen LogP contribution in [0.1, 0.15) is 43.7 Å². The van der Waals surface area contributed by atoms with Gasteiger partial charge in [0, 0.05) is 19.0 Å². The molecule has 31 heavy (non-hydrogen) atoms. The summed E-state index contributed by atoms with van der Waals surface area (Å²) >= 11 is 0. The van der Waals surface area contributed by atoms with E-state index in [2.05, 4.69) is 0 Å². The molecule has 1 amide bonds. The summed E-state index contributed by atoms with van der Waals surface area (Å²) < 4.78 is 37.2. The molecule has 0 aromatic heterocycles. The fraction of sp³-hybridized carbons (Fsp3) is 0.391. The second-order valence-electron chi connectivity index (χ2n) is 8.08. The van der Waals surface area contributed by atoms with Gasteiger partial charge >= 0.3 is 12.1 Å². The third-order valence-corrected chi connectivity index (χ3v) is 5.24. The third kappa shape index (κ3) is 5.71. The maximum absolute atomic E-state index is 13.3. The van der Waals surface area contributed by atoms with Gasteiger partial charge in [0.05, 0.1) is 0 Å². The van der Waals surface area contributed by atoms with Gasteiger partial charge in [-0.25, -0.2) is 18.4 Å². The van der Waals surface area contributed by atoms with Crippen molar-refractivity contribution >= 4 is 12.1 Å². The second-order valence-corrected chi connectivity index (χ2v) is 8.08. The molecule has 1 saturated heterocycles. The minimum atomic E-state index is -1.36. The first-order valence-corrected chi connectivity index (χ1v) is 10.0. The van der Waals surface area contributed by atoms with Crippen molar-refractivity contribution in [1.29, 1.82) is 0 Å². The number of nitrogens with zero attached hydrogens (tertiary/aromatic N) is 1. The van der Waals surface area contributed by atoms with E-state index in [1.165, 1.54) is 19.9 Å². The number of halogens is 2. The molecule has 1 aliphatic rings. The largest absolute Gasteiger partial charge is 0.478 e. The van der Waals surface area contributed by atoms with E-state index >= 15 is 0 Å². The van der Waals surface area contributed by atoms with Crippen LogP contribution in [-0.2, 0) is 16.1 Å². The minimum Gasteiger partial charge on any atom is -0.478 e. The number of carboxylic acids is 1. The summed E-state index contributed by atoms with van der Waals surface area (Å²) in [6.07, 6.45) is 1.11. The summed E-state index contributed by atoms with van der Waals surface area (Å²) in [6.45, 7) is 3.78. The van der Waals surface area contributed by atoms with Gasteiger partial charge in [0.15, 0.2) is 17.2 Å². The van der Waals surface area contributed by atoms with Crippen molar-refractivity contribution in [3.63, 3.8) is 0 Å². The van der Waals surface area contributed by atoms with Gasteiger partial charge in [-0.2, -0.15) is 0 Å². The Kier molecular flexibility index (Phi) is 6.77. The normalized spacial score (nSPS) is 16.6. The molecule has 0 spiro atoms. The number of rotatable bonds is 6. The zero-order chi connectivity index (χ0) is 22.6. The number of benzene rings is 2. The van der Waals surface area contributed by atoms with Crippen molar-refractivity contribution in [2.24, 2.45) is 0 Å². The van der Waals surface area contributed by atoms with E-state index in [0.29, 0.717) is 24.4 Å². The predicted octanol–water partition coefficient (Wildman–Crippen LogP) is 4.72. The summed E-state index contributed by atoms with van der Waals surface area (Å²) in [6, 6.07) is 10.6. The standard InChI is InChI=1S/C23H25F2NO5/c1-23(2,21(27)28)31-18-7-3-5-16(12-18)17-6-4-10-26(13-17)22(29)30-14-15-8-9-19(24)20(25)11-15/h3,5,7-9,11-12,17H,4,6,10,13-14H2,1-2H3,(H,27,28). The van der Waals surface area contributed by atoms with E-state index in [0.717, 1.165) is 30.5 Å². The molecule has 0 aliphatic carbocycles. The van der Waals surface area contributed by atoms with Crippen LogP contribution in [0.5, 0.6) is 5.75 Å². The average Bonchev–Trinajstić information content (AvgIpc) is 2.74. The summed E-state index contributed by atoms with van der Waals surface area (Å²) in [5.74, 6) is -2.51. The average molecular weight is 433 g/mol. The molecule has 1 unspecified atom stereocenters. The van der Waals surface area contributed by atoms with E-state index < -0.39 is 29.3 Å². The third-order valence-electron chi connectivity index (χ3n) is 5.24. The molecule has 0 saturated carbocycles. The second kappa shape index (κ2) is 9.32. The van der Waals surface area contributed by atoms with E-state index in [1.54, 1.807) is 23.1 Å². The molecular weight excluding hydrogens is 408 g/mol. The fourth-order valence-corrected chi connectivity index (χ4v) is 3.45. The van der Waals surface area contributed by atoms with Crippen LogP contribution in [0.2, 0.25) is 0 Å². The van der Waals surface area contributed by atoms with Crippen molar-refractivity contribution < 1.29 is 33.0 Å². The minimum absolute atomic E-state index is 0.0426. The molecule has 0 radical (unpaired) electrons. The Morgan fingerprint density at radius 3 is 2.65 bits per heavy atom. The first-order chi connectivity index (χ1) is 14.7. The van der Waals surface area contributed by atoms with E-state index in [9.17, 15) is 23.5 Å². The number of carbonyl (C=O) groups excluding carboxylic acids is 1. The number of aliphatic carboxylic acids is 1. The number of hydrogen-bond acceptors (Lipinski definition) is 4. The zero-order valence-electron chi connectivity index (χ0n) is 17.4. The number of hydrogen-bond donors (Lipinski definition) is 1. The van der Waals surface area contributed by atoms with Crippen molar-refractivity contribution in [2.45, 2.75) is 44.8 Å². The molecule has 8 heteroatoms. The van der Waals surface area contributed by atoms with E-state index in [4.69, 9.17) is 9.47 Å². The van der Waals surface area contributed by atoms with Gasteiger partial charge < -0.3 is 19.5 Å². The van der Waals surface area contributed by atoms with Gasteiger partial charge in [0.2, 0.25) is 0 Å². The summed E-state index contributed by atoms with van der Waals surface area (Å²) in [7, 11) is 0. The van der Waals surface area contributed by atoms with Gasteiger partial charge in [-0.3, -0.25) is 0 Å². The van der Waals surface area contributed by atoms with Gasteiger partial charge in [-0.15, -0.1) is 0 Å². The summed E-state index contributed by atoms with van der Waals surface area (Å²) in [5.41, 5.74) is -0.0515. The Bertz CT molecular complexity index is 963. The van der Waals surface area contributed by atoms with Crippen LogP contribution in [0.3, 0.4) is 0 Å². The molecule has 1 aliphatic heterocycles. The maximum Gasteiger partial charge on any atom is 0.410 e. The van der Waals surface area contributed by atoms with Gasteiger partial charge in [-0.05, 0) is 62.1 Å². The highest BCUT2D eigenvalue weighted by atomic mass is 19.2. The Labute approximate surface area is 179 Å². The van der Waals surface area contributed by atoms with E-state index in [1.807, 2.05) is 6.07 Å². The highest BCUT2D eigenvalue weighted by Crippen LogP contribution is 2.30. The topological polar surface area (TPSA) is 76.1 Å². The summed E-state index contributed by atoms with van der Waals surface area (Å²) in [4.78, 5) is 25.4. The van der Waals surface area contributed by atoms with Crippen molar-refractivity contribution in [3.8, 4) is 5.75 Å². The lowest BCUT2D eigenvalue weighted by Crippen LogP contribution is -2.39. The first kappa shape index (κ1) is 22.5. The number of amides is 1. The Hall–Kier alpha value is -3.16. The maximum atomic E-state index is 13.3. The molecule has 2 aromatic rings. The molecule has 1 heterocycles. The van der Waals surface area contributed by atoms with Crippen LogP contribution in [-0.4, -0.2) is 40.8 Å². The highest BCUT2D eigenvalue weighted by Gasteiger charge is 2.30. The SMILES string of the molecule is CC(C)(Oc1cccc(C2CCCN(C(=O)OCc3ccc(F)c(F)c3)C2)c1)C(=O)O. The van der Waals surface area contributed by atoms with Crippen LogP contribution >= 0.6 is 0 Å². The fourth-order valence-electron chi connectivity index (χ4n) is 3.45. The van der Waals surface area contributed by atoms with Crippen LogP contribution < -0.4 is 4.74 Å². The smallest absolute Gasteiger partial charge is 0.410 e. The van der Waals surface area contributed by atoms with Crippen LogP contribution in [0.25, 0.3) is 0 Å². The monoisotopic (exact) mass is 433 g/mol. The molecule has 0 bridgehead atoms.